The van der Waals surface area contributed by atoms with Crippen molar-refractivity contribution in [1.82, 2.24) is 20.0 Å². The molecule has 0 saturated heterocycles. The van der Waals surface area contributed by atoms with E-state index in [1.807, 2.05) is 6.07 Å². The Kier molecular flexibility index (Phi) is 6.77. The zero-order valence-electron chi connectivity index (χ0n) is 17.9. The van der Waals surface area contributed by atoms with E-state index in [9.17, 15) is 4.79 Å². The Hall–Kier alpha value is -3.55. The van der Waals surface area contributed by atoms with Gasteiger partial charge < -0.3 is 9.47 Å². The zero-order chi connectivity index (χ0) is 24.4. The number of benzene rings is 2. The van der Waals surface area contributed by atoms with E-state index in [4.69, 9.17) is 26.3 Å². The molecular weight excluding hydrogens is 529 g/mol. The number of halogens is 3. The van der Waals surface area contributed by atoms with E-state index < -0.39 is 11.9 Å². The molecule has 34 heavy (non-hydrogen) atoms. The lowest BCUT2D eigenvalue weighted by atomic mass is 10.1. The molecule has 2 aromatic carbocycles. The van der Waals surface area contributed by atoms with E-state index in [-0.39, 0.29) is 45.8 Å². The fourth-order valence-corrected chi connectivity index (χ4v) is 3.84. The minimum absolute atomic E-state index is 0.0403. The molecule has 172 valence electrons. The van der Waals surface area contributed by atoms with Gasteiger partial charge in [-0.1, -0.05) is 17.7 Å². The van der Waals surface area contributed by atoms with Gasteiger partial charge in [0.25, 0.3) is 0 Å². The molecule has 0 spiro atoms. The van der Waals surface area contributed by atoms with Gasteiger partial charge in [0.2, 0.25) is 0 Å². The van der Waals surface area contributed by atoms with E-state index in [1.165, 1.54) is 24.4 Å². The van der Waals surface area contributed by atoms with Gasteiger partial charge in [-0.15, -0.1) is 9.78 Å². The number of nitriles is 1. The Labute approximate surface area is 207 Å². The second-order valence-corrected chi connectivity index (χ2v) is 8.77. The van der Waals surface area contributed by atoms with Crippen molar-refractivity contribution in [1.29, 1.82) is 5.26 Å². The SMILES string of the molecule is CC(C)OC(=O)n1nc(Cc2ccc(Br)c(Oc3cc(Cl)cc(C#N)c3)c2F)c2ccnnc21. The van der Waals surface area contributed by atoms with Crippen LogP contribution in [0.5, 0.6) is 11.5 Å². The molecular formula is C23H16BrClFN5O3. The van der Waals surface area contributed by atoms with Crippen molar-refractivity contribution in [3.8, 4) is 17.6 Å². The number of rotatable bonds is 5. The molecule has 4 aromatic rings. The molecule has 2 aromatic heterocycles. The van der Waals surface area contributed by atoms with Crippen molar-refractivity contribution in [2.45, 2.75) is 26.4 Å². The average molecular weight is 545 g/mol. The van der Waals surface area contributed by atoms with Gasteiger partial charge >= 0.3 is 6.09 Å². The lowest BCUT2D eigenvalue weighted by Gasteiger charge is -2.12. The first kappa shape index (κ1) is 23.6. The summed E-state index contributed by atoms with van der Waals surface area (Å²) in [4.78, 5) is 12.5. The van der Waals surface area contributed by atoms with Crippen LogP contribution in [0.3, 0.4) is 0 Å². The van der Waals surface area contributed by atoms with Gasteiger partial charge in [0, 0.05) is 16.8 Å². The lowest BCUT2D eigenvalue weighted by molar-refractivity contribution is 0.115. The Morgan fingerprint density at radius 1 is 1.29 bits per heavy atom. The second kappa shape index (κ2) is 9.75. The molecule has 0 aliphatic carbocycles. The van der Waals surface area contributed by atoms with Crippen LogP contribution in [0.1, 0.15) is 30.7 Å². The maximum absolute atomic E-state index is 15.5. The minimum Gasteiger partial charge on any atom is -0.453 e. The first-order valence-corrected chi connectivity index (χ1v) is 11.2. The van der Waals surface area contributed by atoms with Crippen molar-refractivity contribution in [3.05, 3.63) is 74.7 Å². The van der Waals surface area contributed by atoms with Crippen molar-refractivity contribution in [3.63, 3.8) is 0 Å². The van der Waals surface area contributed by atoms with Crippen LogP contribution in [0.25, 0.3) is 11.0 Å². The Bertz CT molecular complexity index is 1450. The summed E-state index contributed by atoms with van der Waals surface area (Å²) < 4.78 is 27.9. The molecule has 0 bridgehead atoms. The average Bonchev–Trinajstić information content (AvgIpc) is 3.16. The van der Waals surface area contributed by atoms with Gasteiger partial charge in [-0.05, 0) is 65.7 Å². The van der Waals surface area contributed by atoms with Crippen LogP contribution in [-0.2, 0) is 11.2 Å². The molecule has 0 aliphatic rings. The van der Waals surface area contributed by atoms with E-state index in [1.54, 1.807) is 32.0 Å². The summed E-state index contributed by atoms with van der Waals surface area (Å²) >= 11 is 9.33. The highest BCUT2D eigenvalue weighted by Gasteiger charge is 2.22. The monoisotopic (exact) mass is 543 g/mol. The van der Waals surface area contributed by atoms with E-state index in [2.05, 4.69) is 31.2 Å². The number of fused-ring (bicyclic) bond motifs is 1. The third-order valence-electron chi connectivity index (χ3n) is 4.65. The molecule has 0 amide bonds. The molecule has 11 heteroatoms. The highest BCUT2D eigenvalue weighted by molar-refractivity contribution is 9.10. The zero-order valence-corrected chi connectivity index (χ0v) is 20.3. The smallest absolute Gasteiger partial charge is 0.437 e. The molecule has 8 nitrogen and oxygen atoms in total. The first-order chi connectivity index (χ1) is 16.3. The molecule has 2 heterocycles. The van der Waals surface area contributed by atoms with Gasteiger partial charge in [-0.25, -0.2) is 9.18 Å². The maximum Gasteiger partial charge on any atom is 0.437 e. The molecule has 0 radical (unpaired) electrons. The Morgan fingerprint density at radius 2 is 2.09 bits per heavy atom. The van der Waals surface area contributed by atoms with Gasteiger partial charge in [0.15, 0.2) is 17.2 Å². The van der Waals surface area contributed by atoms with Crippen LogP contribution in [0, 0.1) is 17.1 Å². The van der Waals surface area contributed by atoms with Crippen LogP contribution in [0.4, 0.5) is 9.18 Å². The number of aromatic nitrogens is 4. The van der Waals surface area contributed by atoms with Crippen LogP contribution < -0.4 is 4.74 Å². The van der Waals surface area contributed by atoms with E-state index >= 15 is 4.39 Å². The minimum atomic E-state index is -0.707. The lowest BCUT2D eigenvalue weighted by Crippen LogP contribution is -2.19. The second-order valence-electron chi connectivity index (χ2n) is 7.48. The third-order valence-corrected chi connectivity index (χ3v) is 5.49. The van der Waals surface area contributed by atoms with Gasteiger partial charge in [0.05, 0.1) is 34.1 Å². The highest BCUT2D eigenvalue weighted by Crippen LogP contribution is 2.36. The Balaban J connectivity index is 1.72. The number of carbonyl (C=O) groups is 1. The first-order valence-electron chi connectivity index (χ1n) is 10.0. The van der Waals surface area contributed by atoms with Crippen molar-refractivity contribution >= 4 is 44.7 Å². The Morgan fingerprint density at radius 3 is 2.82 bits per heavy atom. The van der Waals surface area contributed by atoms with Crippen LogP contribution in [0.15, 0.2) is 47.1 Å². The molecule has 4 rings (SSSR count). The van der Waals surface area contributed by atoms with E-state index in [0.29, 0.717) is 15.6 Å². The summed E-state index contributed by atoms with van der Waals surface area (Å²) in [6.07, 6.45) is 0.438. The predicted molar refractivity (Wildman–Crippen MR) is 125 cm³/mol. The number of ether oxygens (including phenoxy) is 2. The topological polar surface area (TPSA) is 103 Å². The van der Waals surface area contributed by atoms with Crippen LogP contribution in [0.2, 0.25) is 5.02 Å². The van der Waals surface area contributed by atoms with Crippen LogP contribution >= 0.6 is 27.5 Å². The number of hydrogen-bond donors (Lipinski definition) is 0. The van der Waals surface area contributed by atoms with Crippen molar-refractivity contribution < 1.29 is 18.7 Å². The van der Waals surface area contributed by atoms with Crippen molar-refractivity contribution in [2.75, 3.05) is 0 Å². The van der Waals surface area contributed by atoms with Gasteiger partial charge in [-0.3, -0.25) is 0 Å². The predicted octanol–water partition coefficient (Wildman–Crippen LogP) is 6.03. The molecule has 0 unspecified atom stereocenters. The summed E-state index contributed by atoms with van der Waals surface area (Å²) in [5, 5.41) is 22.1. The summed E-state index contributed by atoms with van der Waals surface area (Å²) in [6, 6.07) is 11.3. The molecule has 0 saturated carbocycles. The number of nitrogens with zero attached hydrogens (tertiary/aromatic N) is 5. The van der Waals surface area contributed by atoms with Crippen LogP contribution in [-0.4, -0.2) is 32.2 Å². The molecule has 0 aliphatic heterocycles. The van der Waals surface area contributed by atoms with E-state index in [0.717, 1.165) is 4.68 Å². The van der Waals surface area contributed by atoms with Crippen molar-refractivity contribution in [2.24, 2.45) is 0 Å². The standard InChI is InChI=1S/C23H16BrClFN5O3/c1-12(2)33-23(32)31-22-17(5-6-28-29-22)19(30-31)9-14-3-4-18(24)21(20(14)26)34-16-8-13(11-27)7-15(25)10-16/h3-8,10,12H,9H2,1-2H3. The maximum atomic E-state index is 15.5. The molecule has 0 N–H and O–H groups in total. The molecule has 0 fully saturated rings. The summed E-state index contributed by atoms with van der Waals surface area (Å²) in [7, 11) is 0. The number of carbonyl (C=O) groups excluding carboxylic acids is 1. The van der Waals surface area contributed by atoms with Gasteiger partial charge in [0.1, 0.15) is 5.75 Å². The highest BCUT2D eigenvalue weighted by atomic mass is 79.9. The fraction of sp³-hybridized carbons (Fsp3) is 0.174. The summed E-state index contributed by atoms with van der Waals surface area (Å²) in [6.45, 7) is 3.43. The summed E-state index contributed by atoms with van der Waals surface area (Å²) in [5.74, 6) is -0.504. The largest absolute Gasteiger partial charge is 0.453 e. The summed E-state index contributed by atoms with van der Waals surface area (Å²) in [5.41, 5.74) is 1.16. The third kappa shape index (κ3) is 4.85. The fourth-order valence-electron chi connectivity index (χ4n) is 3.23. The molecule has 0 atom stereocenters. The number of hydrogen-bond acceptors (Lipinski definition) is 7. The quantitative estimate of drug-likeness (QED) is 0.302. The normalized spacial score (nSPS) is 11.0. The van der Waals surface area contributed by atoms with Gasteiger partial charge in [-0.2, -0.15) is 15.5 Å².